The topological polar surface area (TPSA) is 120 Å². The van der Waals surface area contributed by atoms with Gasteiger partial charge < -0.3 is 25.2 Å². The Labute approximate surface area is 161 Å². The van der Waals surface area contributed by atoms with Gasteiger partial charge in [0.25, 0.3) is 5.91 Å². The van der Waals surface area contributed by atoms with Crippen molar-refractivity contribution >= 4 is 12.0 Å². The van der Waals surface area contributed by atoms with Gasteiger partial charge >= 0.3 is 6.09 Å². The lowest BCUT2D eigenvalue weighted by molar-refractivity contribution is 0.0999. The summed E-state index contributed by atoms with van der Waals surface area (Å²) in [7, 11) is 3.09. The van der Waals surface area contributed by atoms with Crippen LogP contribution in [-0.2, 0) is 0 Å². The van der Waals surface area contributed by atoms with E-state index in [0.717, 1.165) is 0 Å². The van der Waals surface area contributed by atoms with Gasteiger partial charge in [0.15, 0.2) is 0 Å². The number of hydrogen-bond donors (Lipinski definition) is 2. The maximum atomic E-state index is 11.8. The van der Waals surface area contributed by atoms with Crippen LogP contribution in [0, 0.1) is 11.8 Å². The van der Waals surface area contributed by atoms with Crippen LogP contribution in [0.3, 0.4) is 0 Å². The molecule has 2 aromatic rings. The number of rotatable bonds is 4. The number of carbonyl (C=O) groups is 2. The molecular weight excluding hydrogens is 364 g/mol. The number of hydrogen-bond acceptors (Lipinski definition) is 5. The van der Waals surface area contributed by atoms with Gasteiger partial charge in [0.2, 0.25) is 0 Å². The molecule has 0 radical (unpaired) electrons. The minimum atomic E-state index is -0.975. The second kappa shape index (κ2) is 7.92. The Bertz CT molecular complexity index is 950. The van der Waals surface area contributed by atoms with E-state index in [1.807, 2.05) is 0 Å². The molecule has 1 aromatic heterocycles. The van der Waals surface area contributed by atoms with Crippen LogP contribution in [0.25, 0.3) is 0 Å². The molecule has 1 aliphatic rings. The third-order valence-corrected chi connectivity index (χ3v) is 4.48. The molecule has 2 heterocycles. The van der Waals surface area contributed by atoms with Gasteiger partial charge in [-0.3, -0.25) is 9.48 Å². The molecule has 1 fully saturated rings. The molecule has 1 saturated heterocycles. The standard InChI is InChI=1S/C19H20N4O5/c1-27-14-7-12(8-15(9-14)28-2)3-4-17-16(18(20)24)11-23(21-17)13-5-6-22(10-13)19(25)26/h7-9,11,13H,5-6,10H2,1-2H3,(H2,20,24)(H,25,26). The number of likely N-dealkylation sites (tertiary alicyclic amines) is 1. The third-order valence-electron chi connectivity index (χ3n) is 4.48. The minimum Gasteiger partial charge on any atom is -0.497 e. The monoisotopic (exact) mass is 384 g/mol. The number of aromatic nitrogens is 2. The summed E-state index contributed by atoms with van der Waals surface area (Å²) in [5.41, 5.74) is 6.51. The summed E-state index contributed by atoms with van der Waals surface area (Å²) in [6.07, 6.45) is 1.15. The molecule has 146 valence electrons. The maximum absolute atomic E-state index is 11.8. The Kier molecular flexibility index (Phi) is 5.40. The van der Waals surface area contributed by atoms with E-state index < -0.39 is 12.0 Å². The lowest BCUT2D eigenvalue weighted by Gasteiger charge is -2.12. The van der Waals surface area contributed by atoms with Crippen LogP contribution >= 0.6 is 0 Å². The number of nitrogens with two attached hydrogens (primary N) is 1. The highest BCUT2D eigenvalue weighted by atomic mass is 16.5. The third kappa shape index (κ3) is 4.01. The first-order valence-electron chi connectivity index (χ1n) is 8.53. The largest absolute Gasteiger partial charge is 0.497 e. The summed E-state index contributed by atoms with van der Waals surface area (Å²) in [4.78, 5) is 24.2. The lowest BCUT2D eigenvalue weighted by atomic mass is 10.2. The summed E-state index contributed by atoms with van der Waals surface area (Å²) in [5.74, 6) is 6.33. The van der Waals surface area contributed by atoms with Gasteiger partial charge in [-0.2, -0.15) is 5.10 Å². The fraction of sp³-hybridized carbons (Fsp3) is 0.316. The predicted molar refractivity (Wildman–Crippen MR) is 99.5 cm³/mol. The van der Waals surface area contributed by atoms with Crippen molar-refractivity contribution in [3.05, 3.63) is 41.2 Å². The summed E-state index contributed by atoms with van der Waals surface area (Å²) in [6.45, 7) is 0.714. The second-order valence-corrected chi connectivity index (χ2v) is 6.26. The molecule has 3 N–H and O–H groups in total. The van der Waals surface area contributed by atoms with E-state index in [1.165, 1.54) is 11.1 Å². The van der Waals surface area contributed by atoms with Gasteiger partial charge in [0.1, 0.15) is 17.2 Å². The zero-order valence-corrected chi connectivity index (χ0v) is 15.5. The van der Waals surface area contributed by atoms with Crippen LogP contribution in [0.2, 0.25) is 0 Å². The van der Waals surface area contributed by atoms with Crippen LogP contribution in [0.4, 0.5) is 4.79 Å². The fourth-order valence-electron chi connectivity index (χ4n) is 2.99. The zero-order chi connectivity index (χ0) is 20.3. The molecule has 1 aromatic carbocycles. The maximum Gasteiger partial charge on any atom is 0.407 e. The lowest BCUT2D eigenvalue weighted by Crippen LogP contribution is -2.27. The Morgan fingerprint density at radius 3 is 2.43 bits per heavy atom. The van der Waals surface area contributed by atoms with Gasteiger partial charge in [-0.1, -0.05) is 5.92 Å². The highest BCUT2D eigenvalue weighted by molar-refractivity contribution is 5.94. The van der Waals surface area contributed by atoms with Crippen molar-refractivity contribution in [1.82, 2.24) is 14.7 Å². The van der Waals surface area contributed by atoms with Gasteiger partial charge in [-0.25, -0.2) is 4.79 Å². The van der Waals surface area contributed by atoms with Gasteiger partial charge in [0, 0.05) is 30.9 Å². The first-order chi connectivity index (χ1) is 13.4. The molecule has 9 heteroatoms. The van der Waals surface area contributed by atoms with E-state index in [9.17, 15) is 9.59 Å². The Morgan fingerprint density at radius 2 is 1.89 bits per heavy atom. The molecule has 3 rings (SSSR count). The number of methoxy groups -OCH3 is 2. The summed E-state index contributed by atoms with van der Waals surface area (Å²) >= 11 is 0. The van der Waals surface area contributed by atoms with Gasteiger partial charge in [-0.05, 0) is 24.5 Å². The van der Waals surface area contributed by atoms with E-state index in [0.29, 0.717) is 36.6 Å². The molecule has 28 heavy (non-hydrogen) atoms. The van der Waals surface area contributed by atoms with Crippen molar-refractivity contribution in [2.75, 3.05) is 27.3 Å². The fourth-order valence-corrected chi connectivity index (χ4v) is 2.99. The Hall–Kier alpha value is -3.67. The Balaban J connectivity index is 1.91. The summed E-state index contributed by atoms with van der Waals surface area (Å²) in [5, 5.41) is 13.5. The molecule has 1 atom stereocenters. The second-order valence-electron chi connectivity index (χ2n) is 6.26. The van der Waals surface area contributed by atoms with E-state index in [-0.39, 0.29) is 17.3 Å². The molecule has 9 nitrogen and oxygen atoms in total. The highest BCUT2D eigenvalue weighted by Crippen LogP contribution is 2.23. The number of carboxylic acid groups (broad SMARTS) is 1. The Morgan fingerprint density at radius 1 is 1.21 bits per heavy atom. The van der Waals surface area contributed by atoms with Crippen molar-refractivity contribution in [3.8, 4) is 23.3 Å². The number of ether oxygens (including phenoxy) is 2. The number of primary amides is 1. The van der Waals surface area contributed by atoms with Crippen molar-refractivity contribution in [2.45, 2.75) is 12.5 Å². The molecule has 0 bridgehead atoms. The number of nitrogens with zero attached hydrogens (tertiary/aromatic N) is 3. The van der Waals surface area contributed by atoms with Gasteiger partial charge in [0.05, 0.1) is 25.8 Å². The minimum absolute atomic E-state index is 0.165. The predicted octanol–water partition coefficient (Wildman–Crippen LogP) is 1.32. The van der Waals surface area contributed by atoms with E-state index in [4.69, 9.17) is 20.3 Å². The first-order valence-corrected chi connectivity index (χ1v) is 8.53. The SMILES string of the molecule is COc1cc(C#Cc2nn(C3CCN(C(=O)O)C3)cc2C(N)=O)cc(OC)c1. The number of carbonyl (C=O) groups excluding carboxylic acids is 1. The summed E-state index contributed by atoms with van der Waals surface area (Å²) < 4.78 is 12.0. The van der Waals surface area contributed by atoms with Crippen molar-refractivity contribution in [3.63, 3.8) is 0 Å². The van der Waals surface area contributed by atoms with E-state index >= 15 is 0 Å². The molecule has 0 aliphatic carbocycles. The summed E-state index contributed by atoms with van der Waals surface area (Å²) in [6, 6.07) is 5.03. The molecule has 1 unspecified atom stereocenters. The molecule has 1 aliphatic heterocycles. The van der Waals surface area contributed by atoms with Crippen LogP contribution in [0.15, 0.2) is 24.4 Å². The van der Waals surface area contributed by atoms with Crippen molar-refractivity contribution in [1.29, 1.82) is 0 Å². The molecule has 0 spiro atoms. The average Bonchev–Trinajstić information content (AvgIpc) is 3.33. The van der Waals surface area contributed by atoms with Crippen LogP contribution < -0.4 is 15.2 Å². The van der Waals surface area contributed by atoms with Crippen LogP contribution in [0.1, 0.15) is 34.1 Å². The van der Waals surface area contributed by atoms with Crippen LogP contribution in [0.5, 0.6) is 11.5 Å². The molecule has 0 saturated carbocycles. The van der Waals surface area contributed by atoms with Crippen molar-refractivity contribution < 1.29 is 24.2 Å². The van der Waals surface area contributed by atoms with E-state index in [2.05, 4.69) is 16.9 Å². The highest BCUT2D eigenvalue weighted by Gasteiger charge is 2.28. The number of amides is 2. The molecular formula is C19H20N4O5. The number of benzene rings is 1. The van der Waals surface area contributed by atoms with Crippen LogP contribution in [-0.4, -0.2) is 59.1 Å². The smallest absolute Gasteiger partial charge is 0.407 e. The van der Waals surface area contributed by atoms with E-state index in [1.54, 1.807) is 37.1 Å². The normalized spacial score (nSPS) is 15.6. The molecule has 2 amide bonds. The van der Waals surface area contributed by atoms with Crippen molar-refractivity contribution in [2.24, 2.45) is 5.73 Å². The average molecular weight is 384 g/mol. The van der Waals surface area contributed by atoms with Gasteiger partial charge in [-0.15, -0.1) is 0 Å². The zero-order valence-electron chi connectivity index (χ0n) is 15.5. The first kappa shape index (κ1) is 19.1. The quantitative estimate of drug-likeness (QED) is 0.767.